The molecule has 4 heteroatoms. The molecule has 0 fully saturated rings. The summed E-state index contributed by atoms with van der Waals surface area (Å²) in [5.74, 6) is 0.549. The first kappa shape index (κ1) is 13.0. The zero-order valence-corrected chi connectivity index (χ0v) is 10.7. The average Bonchev–Trinajstić information content (AvgIpc) is 2.21. The van der Waals surface area contributed by atoms with Gasteiger partial charge in [0.1, 0.15) is 0 Å². The molecule has 0 aliphatic rings. The van der Waals surface area contributed by atoms with Crippen LogP contribution in [-0.4, -0.2) is 16.7 Å². The van der Waals surface area contributed by atoms with E-state index in [1.165, 1.54) is 11.1 Å². The highest BCUT2D eigenvalue weighted by atomic mass is 32.2. The Morgan fingerprint density at radius 2 is 2.12 bits per heavy atom. The fourth-order valence-electron chi connectivity index (χ4n) is 1.48. The normalized spacial score (nSPS) is 12.4. The number of hydrogen-bond donors (Lipinski definition) is 0. The molecule has 88 valence electrons. The van der Waals surface area contributed by atoms with E-state index in [9.17, 15) is 10.1 Å². The van der Waals surface area contributed by atoms with Gasteiger partial charge >= 0.3 is 0 Å². The van der Waals surface area contributed by atoms with Crippen molar-refractivity contribution in [2.45, 2.75) is 38.1 Å². The molecule has 0 amide bonds. The Morgan fingerprint density at radius 3 is 2.62 bits per heavy atom. The molecule has 0 aromatic heterocycles. The van der Waals surface area contributed by atoms with E-state index in [0.29, 0.717) is 12.2 Å². The Morgan fingerprint density at radius 1 is 1.44 bits per heavy atom. The van der Waals surface area contributed by atoms with Gasteiger partial charge in [0.25, 0.3) is 0 Å². The third-order valence-electron chi connectivity index (χ3n) is 2.53. The van der Waals surface area contributed by atoms with Gasteiger partial charge in [0.05, 0.1) is 5.75 Å². The Kier molecular flexibility index (Phi) is 4.80. The number of nitro groups is 1. The van der Waals surface area contributed by atoms with Gasteiger partial charge in [-0.2, -0.15) is 0 Å². The first-order chi connectivity index (χ1) is 7.54. The van der Waals surface area contributed by atoms with Crippen molar-refractivity contribution >= 4 is 11.8 Å². The van der Waals surface area contributed by atoms with E-state index in [4.69, 9.17) is 0 Å². The van der Waals surface area contributed by atoms with Gasteiger partial charge < -0.3 is 0 Å². The maximum atomic E-state index is 10.7. The van der Waals surface area contributed by atoms with Crippen molar-refractivity contribution in [1.29, 1.82) is 0 Å². The summed E-state index contributed by atoms with van der Waals surface area (Å²) in [5.41, 5.74) is 2.42. The third kappa shape index (κ3) is 3.52. The minimum absolute atomic E-state index is 0.184. The molecule has 0 heterocycles. The number of nitrogens with zero attached hydrogens (tertiary/aromatic N) is 1. The molecule has 1 unspecified atom stereocenters. The maximum absolute atomic E-state index is 10.7. The Balaban J connectivity index is 2.63. The molecule has 16 heavy (non-hydrogen) atoms. The topological polar surface area (TPSA) is 43.1 Å². The van der Waals surface area contributed by atoms with Crippen molar-refractivity contribution in [3.05, 3.63) is 39.4 Å². The van der Waals surface area contributed by atoms with Crippen molar-refractivity contribution in [3.8, 4) is 0 Å². The van der Waals surface area contributed by atoms with E-state index in [-0.39, 0.29) is 4.92 Å². The Labute approximate surface area is 100 Å². The van der Waals surface area contributed by atoms with Crippen LogP contribution in [0.25, 0.3) is 0 Å². The summed E-state index contributed by atoms with van der Waals surface area (Å²) in [6.07, 6.45) is 0.588. The van der Waals surface area contributed by atoms with Gasteiger partial charge in [-0.15, -0.1) is 11.8 Å². The molecule has 1 aromatic carbocycles. The van der Waals surface area contributed by atoms with Crippen LogP contribution in [0.15, 0.2) is 23.1 Å². The van der Waals surface area contributed by atoms with E-state index in [1.54, 1.807) is 11.8 Å². The molecule has 1 rings (SSSR count). The molecule has 0 aliphatic heterocycles. The average molecular weight is 239 g/mol. The summed E-state index contributed by atoms with van der Waals surface area (Å²) in [6, 6.07) is 5.76. The predicted molar refractivity (Wildman–Crippen MR) is 67.7 cm³/mol. The van der Waals surface area contributed by atoms with Crippen molar-refractivity contribution < 1.29 is 4.92 Å². The quantitative estimate of drug-likeness (QED) is 0.449. The van der Waals surface area contributed by atoms with Crippen LogP contribution in [0.4, 0.5) is 0 Å². The highest BCUT2D eigenvalue weighted by molar-refractivity contribution is 7.99. The molecule has 1 atom stereocenters. The minimum atomic E-state index is -0.439. The van der Waals surface area contributed by atoms with Crippen LogP contribution >= 0.6 is 11.8 Å². The smallest absolute Gasteiger partial charge is 0.222 e. The molecule has 0 saturated carbocycles. The van der Waals surface area contributed by atoms with Crippen LogP contribution in [0.3, 0.4) is 0 Å². The first-order valence-corrected chi connectivity index (χ1v) is 6.36. The van der Waals surface area contributed by atoms with E-state index in [2.05, 4.69) is 6.07 Å². The van der Waals surface area contributed by atoms with Gasteiger partial charge in [-0.05, 0) is 25.5 Å². The lowest BCUT2D eigenvalue weighted by atomic mass is 10.2. The zero-order valence-electron chi connectivity index (χ0n) is 9.90. The van der Waals surface area contributed by atoms with Crippen molar-refractivity contribution in [1.82, 2.24) is 0 Å². The monoisotopic (exact) mass is 239 g/mol. The fourth-order valence-corrected chi connectivity index (χ4v) is 2.66. The van der Waals surface area contributed by atoms with Crippen molar-refractivity contribution in [3.63, 3.8) is 0 Å². The maximum Gasteiger partial charge on any atom is 0.222 e. The van der Waals surface area contributed by atoms with Crippen molar-refractivity contribution in [2.24, 2.45) is 0 Å². The Bertz CT molecular complexity index is 379. The summed E-state index contributed by atoms with van der Waals surface area (Å²) >= 11 is 1.58. The lowest BCUT2D eigenvalue weighted by Gasteiger charge is -2.09. The summed E-state index contributed by atoms with van der Waals surface area (Å²) in [6.45, 7) is 5.95. The zero-order chi connectivity index (χ0) is 12.1. The second-order valence-electron chi connectivity index (χ2n) is 3.93. The summed E-state index contributed by atoms with van der Waals surface area (Å²) in [5, 5.41) is 10.7. The molecule has 0 N–H and O–H groups in total. The number of thioether (sulfide) groups is 1. The number of hydrogen-bond acceptors (Lipinski definition) is 3. The lowest BCUT2D eigenvalue weighted by Crippen LogP contribution is -2.20. The van der Waals surface area contributed by atoms with Crippen LogP contribution in [0.1, 0.15) is 24.5 Å². The fraction of sp³-hybridized carbons (Fsp3) is 0.500. The van der Waals surface area contributed by atoms with Crippen LogP contribution in [0, 0.1) is 24.0 Å². The van der Waals surface area contributed by atoms with E-state index >= 15 is 0 Å². The largest absolute Gasteiger partial charge is 0.264 e. The lowest BCUT2D eigenvalue weighted by molar-refractivity contribution is -0.516. The number of rotatable bonds is 5. The van der Waals surface area contributed by atoms with E-state index < -0.39 is 6.04 Å². The highest BCUT2D eigenvalue weighted by Crippen LogP contribution is 2.24. The third-order valence-corrected chi connectivity index (χ3v) is 3.85. The SMILES string of the molecule is CCC(CSc1ccc(C)cc1C)[N+](=O)[O-]. The molecule has 0 aliphatic carbocycles. The van der Waals surface area contributed by atoms with Crippen LogP contribution in [0.5, 0.6) is 0 Å². The summed E-state index contributed by atoms with van der Waals surface area (Å²) < 4.78 is 0. The molecular formula is C12H17NO2S. The number of aryl methyl sites for hydroxylation is 2. The van der Waals surface area contributed by atoms with Gasteiger partial charge in [-0.1, -0.05) is 24.6 Å². The van der Waals surface area contributed by atoms with Crippen LogP contribution in [0.2, 0.25) is 0 Å². The second-order valence-corrected chi connectivity index (χ2v) is 4.99. The number of benzene rings is 1. The molecule has 0 radical (unpaired) electrons. The van der Waals surface area contributed by atoms with E-state index in [1.807, 2.05) is 32.9 Å². The van der Waals surface area contributed by atoms with Crippen molar-refractivity contribution in [2.75, 3.05) is 5.75 Å². The Hall–Kier alpha value is -1.03. The van der Waals surface area contributed by atoms with Gasteiger partial charge in [-0.25, -0.2) is 0 Å². The molecule has 0 spiro atoms. The highest BCUT2D eigenvalue weighted by Gasteiger charge is 2.17. The standard InChI is InChI=1S/C12H17NO2S/c1-4-11(13(14)15)8-16-12-6-5-9(2)7-10(12)3/h5-7,11H,4,8H2,1-3H3. The minimum Gasteiger partial charge on any atom is -0.264 e. The van der Waals surface area contributed by atoms with Gasteiger partial charge in [0.2, 0.25) is 6.04 Å². The summed E-state index contributed by atoms with van der Waals surface area (Å²) in [7, 11) is 0. The van der Waals surface area contributed by atoms with Crippen LogP contribution in [-0.2, 0) is 0 Å². The molecular weight excluding hydrogens is 222 g/mol. The first-order valence-electron chi connectivity index (χ1n) is 5.38. The molecule has 0 saturated heterocycles. The predicted octanol–water partition coefficient (Wildman–Crippen LogP) is 3.45. The van der Waals surface area contributed by atoms with E-state index in [0.717, 1.165) is 4.90 Å². The van der Waals surface area contributed by atoms with Gasteiger partial charge in [0, 0.05) is 16.2 Å². The second kappa shape index (κ2) is 5.89. The van der Waals surface area contributed by atoms with Crippen LogP contribution < -0.4 is 0 Å². The molecule has 0 bridgehead atoms. The van der Waals surface area contributed by atoms with Gasteiger partial charge in [-0.3, -0.25) is 10.1 Å². The summed E-state index contributed by atoms with van der Waals surface area (Å²) in [4.78, 5) is 11.6. The molecule has 3 nitrogen and oxygen atoms in total. The van der Waals surface area contributed by atoms with Gasteiger partial charge in [0.15, 0.2) is 0 Å². The molecule has 1 aromatic rings.